The van der Waals surface area contributed by atoms with E-state index in [1.165, 1.54) is 31.5 Å². The van der Waals surface area contributed by atoms with Crippen LogP contribution >= 0.6 is 0 Å². The van der Waals surface area contributed by atoms with E-state index in [1.807, 2.05) is 0 Å². The van der Waals surface area contributed by atoms with Gasteiger partial charge >= 0.3 is 0 Å². The zero-order chi connectivity index (χ0) is 20.1. The molecule has 0 spiro atoms. The minimum Gasteiger partial charge on any atom is -0.493 e. The van der Waals surface area contributed by atoms with Crippen molar-refractivity contribution in [3.8, 4) is 11.5 Å². The molecule has 2 N–H and O–H groups in total. The molecule has 3 aromatic rings. The molecular formula is C20H17F2N3O3. The monoisotopic (exact) mass is 385 g/mol. The smallest absolute Gasteiger partial charge is 0.255 e. The first-order valence-corrected chi connectivity index (χ1v) is 8.21. The normalized spacial score (nSPS) is 10.3. The lowest BCUT2D eigenvalue weighted by Gasteiger charge is -2.11. The van der Waals surface area contributed by atoms with Gasteiger partial charge in [0.05, 0.1) is 14.2 Å². The highest BCUT2D eigenvalue weighted by molar-refractivity contribution is 6.04. The largest absolute Gasteiger partial charge is 0.493 e. The summed E-state index contributed by atoms with van der Waals surface area (Å²) in [5.74, 6) is -0.957. The minimum absolute atomic E-state index is 0.148. The van der Waals surface area contributed by atoms with Crippen molar-refractivity contribution in [1.29, 1.82) is 0 Å². The molecule has 0 bridgehead atoms. The number of amides is 1. The Bertz CT molecular complexity index is 1010. The summed E-state index contributed by atoms with van der Waals surface area (Å²) in [6.07, 6.45) is 1.46. The van der Waals surface area contributed by atoms with Crippen molar-refractivity contribution in [2.24, 2.45) is 0 Å². The van der Waals surface area contributed by atoms with Gasteiger partial charge in [0.2, 0.25) is 0 Å². The van der Waals surface area contributed by atoms with Crippen LogP contribution < -0.4 is 20.1 Å². The first-order chi connectivity index (χ1) is 13.5. The summed E-state index contributed by atoms with van der Waals surface area (Å²) in [7, 11) is 3.07. The van der Waals surface area contributed by atoms with Gasteiger partial charge in [-0.25, -0.2) is 13.8 Å². The fourth-order valence-electron chi connectivity index (χ4n) is 2.48. The summed E-state index contributed by atoms with van der Waals surface area (Å²) in [5, 5.41) is 5.58. The van der Waals surface area contributed by atoms with E-state index in [1.54, 1.807) is 25.3 Å². The molecular weight excluding hydrogens is 368 g/mol. The molecule has 1 heterocycles. The van der Waals surface area contributed by atoms with E-state index in [-0.39, 0.29) is 5.69 Å². The summed E-state index contributed by atoms with van der Waals surface area (Å²) in [6.45, 7) is 0. The van der Waals surface area contributed by atoms with Crippen LogP contribution in [0.5, 0.6) is 11.5 Å². The predicted molar refractivity (Wildman–Crippen MR) is 101 cm³/mol. The maximum absolute atomic E-state index is 13.3. The van der Waals surface area contributed by atoms with Crippen LogP contribution in [0.4, 0.5) is 26.0 Å². The molecule has 0 aliphatic heterocycles. The van der Waals surface area contributed by atoms with E-state index in [2.05, 4.69) is 15.6 Å². The summed E-state index contributed by atoms with van der Waals surface area (Å²) >= 11 is 0. The Hall–Kier alpha value is -3.68. The Kier molecular flexibility index (Phi) is 5.69. The molecule has 6 nitrogen and oxygen atoms in total. The molecule has 0 aliphatic carbocycles. The van der Waals surface area contributed by atoms with Crippen LogP contribution in [0.2, 0.25) is 0 Å². The third kappa shape index (κ3) is 4.35. The lowest BCUT2D eigenvalue weighted by molar-refractivity contribution is 0.102. The Morgan fingerprint density at radius 2 is 1.64 bits per heavy atom. The highest BCUT2D eigenvalue weighted by Gasteiger charge is 2.11. The van der Waals surface area contributed by atoms with Crippen molar-refractivity contribution in [3.63, 3.8) is 0 Å². The second kappa shape index (κ2) is 8.34. The number of pyridine rings is 1. The molecule has 2 aromatic carbocycles. The SMILES string of the molecule is COc1ccc(Nc2cc(C(=O)Nc3ccc(F)c(F)c3)ccn2)cc1OC. The lowest BCUT2D eigenvalue weighted by Crippen LogP contribution is -2.12. The van der Waals surface area contributed by atoms with Crippen molar-refractivity contribution in [3.05, 3.63) is 71.9 Å². The molecule has 28 heavy (non-hydrogen) atoms. The van der Waals surface area contributed by atoms with Crippen LogP contribution in [0.15, 0.2) is 54.7 Å². The first kappa shape index (κ1) is 19.1. The number of methoxy groups -OCH3 is 2. The number of aromatic nitrogens is 1. The molecule has 0 radical (unpaired) electrons. The minimum atomic E-state index is -1.04. The predicted octanol–water partition coefficient (Wildman–Crippen LogP) is 4.37. The first-order valence-electron chi connectivity index (χ1n) is 8.21. The molecule has 0 aliphatic rings. The van der Waals surface area contributed by atoms with Gasteiger partial charge < -0.3 is 20.1 Å². The van der Waals surface area contributed by atoms with Gasteiger partial charge in [0.15, 0.2) is 23.1 Å². The molecule has 0 fully saturated rings. The topological polar surface area (TPSA) is 72.5 Å². The highest BCUT2D eigenvalue weighted by Crippen LogP contribution is 2.30. The van der Waals surface area contributed by atoms with Crippen molar-refractivity contribution in [2.45, 2.75) is 0 Å². The van der Waals surface area contributed by atoms with Crippen molar-refractivity contribution >= 4 is 23.1 Å². The van der Waals surface area contributed by atoms with Gasteiger partial charge in [-0.2, -0.15) is 0 Å². The molecule has 0 saturated carbocycles. The van der Waals surface area contributed by atoms with E-state index >= 15 is 0 Å². The number of hydrogen-bond acceptors (Lipinski definition) is 5. The molecule has 1 aromatic heterocycles. The summed E-state index contributed by atoms with van der Waals surface area (Å²) in [5.41, 5.74) is 1.13. The average molecular weight is 385 g/mol. The van der Waals surface area contributed by atoms with Gasteiger partial charge in [0, 0.05) is 35.3 Å². The number of hydrogen-bond donors (Lipinski definition) is 2. The van der Waals surface area contributed by atoms with Crippen LogP contribution in [0.1, 0.15) is 10.4 Å². The molecule has 0 atom stereocenters. The van der Waals surface area contributed by atoms with Crippen LogP contribution in [0.3, 0.4) is 0 Å². The average Bonchev–Trinajstić information content (AvgIpc) is 2.71. The molecule has 144 valence electrons. The van der Waals surface area contributed by atoms with Gasteiger partial charge in [-0.05, 0) is 36.4 Å². The number of ether oxygens (including phenoxy) is 2. The number of halogens is 2. The molecule has 0 unspecified atom stereocenters. The number of anilines is 3. The fourth-order valence-corrected chi connectivity index (χ4v) is 2.48. The maximum Gasteiger partial charge on any atom is 0.255 e. The second-order valence-electron chi connectivity index (χ2n) is 5.71. The van der Waals surface area contributed by atoms with E-state index < -0.39 is 17.5 Å². The van der Waals surface area contributed by atoms with Gasteiger partial charge in [-0.3, -0.25) is 4.79 Å². The number of benzene rings is 2. The van der Waals surface area contributed by atoms with Crippen LogP contribution in [-0.4, -0.2) is 25.1 Å². The van der Waals surface area contributed by atoms with Crippen LogP contribution in [-0.2, 0) is 0 Å². The van der Waals surface area contributed by atoms with Crippen LogP contribution in [0.25, 0.3) is 0 Å². The number of carbonyl (C=O) groups excluding carboxylic acids is 1. The maximum atomic E-state index is 13.3. The summed E-state index contributed by atoms with van der Waals surface area (Å²) in [4.78, 5) is 16.6. The van der Waals surface area contributed by atoms with Crippen molar-refractivity contribution < 1.29 is 23.0 Å². The quantitative estimate of drug-likeness (QED) is 0.659. The van der Waals surface area contributed by atoms with E-state index in [0.29, 0.717) is 28.6 Å². The Morgan fingerprint density at radius 1 is 0.893 bits per heavy atom. The van der Waals surface area contributed by atoms with E-state index in [0.717, 1.165) is 12.1 Å². The number of nitrogens with one attached hydrogen (secondary N) is 2. The zero-order valence-electron chi connectivity index (χ0n) is 15.1. The van der Waals surface area contributed by atoms with Gasteiger partial charge in [0.1, 0.15) is 5.82 Å². The lowest BCUT2D eigenvalue weighted by atomic mass is 10.2. The third-order valence-electron chi connectivity index (χ3n) is 3.86. The Balaban J connectivity index is 1.76. The zero-order valence-corrected chi connectivity index (χ0v) is 15.1. The molecule has 1 amide bonds. The third-order valence-corrected chi connectivity index (χ3v) is 3.86. The summed E-state index contributed by atoms with van der Waals surface area (Å²) in [6, 6.07) is 11.4. The molecule has 8 heteroatoms. The van der Waals surface area contributed by atoms with Crippen LogP contribution in [0, 0.1) is 11.6 Å². The van der Waals surface area contributed by atoms with Gasteiger partial charge in [0.25, 0.3) is 5.91 Å². The Morgan fingerprint density at radius 3 is 2.36 bits per heavy atom. The molecule has 3 rings (SSSR count). The number of carbonyl (C=O) groups is 1. The number of rotatable bonds is 6. The fraction of sp³-hybridized carbons (Fsp3) is 0.100. The van der Waals surface area contributed by atoms with Gasteiger partial charge in [-0.15, -0.1) is 0 Å². The van der Waals surface area contributed by atoms with Crippen molar-refractivity contribution in [1.82, 2.24) is 4.98 Å². The molecule has 0 saturated heterocycles. The summed E-state index contributed by atoms with van der Waals surface area (Å²) < 4.78 is 36.7. The van der Waals surface area contributed by atoms with E-state index in [4.69, 9.17) is 9.47 Å². The standard InChI is InChI=1S/C20H17F2N3O3/c1-27-17-6-4-14(11-18(17)28-2)24-19-9-12(7-8-23-19)20(26)25-13-3-5-15(21)16(22)10-13/h3-11H,1-2H3,(H,23,24)(H,25,26). The second-order valence-corrected chi connectivity index (χ2v) is 5.71. The van der Waals surface area contributed by atoms with Crippen molar-refractivity contribution in [2.75, 3.05) is 24.9 Å². The van der Waals surface area contributed by atoms with E-state index in [9.17, 15) is 13.6 Å². The Labute approximate surface area is 160 Å². The van der Waals surface area contributed by atoms with Gasteiger partial charge in [-0.1, -0.05) is 0 Å². The highest BCUT2D eigenvalue weighted by atomic mass is 19.2. The number of nitrogens with zero attached hydrogens (tertiary/aromatic N) is 1.